The van der Waals surface area contributed by atoms with Gasteiger partial charge in [-0.25, -0.2) is 8.42 Å². The summed E-state index contributed by atoms with van der Waals surface area (Å²) in [7, 11) is -3.50. The highest BCUT2D eigenvalue weighted by Gasteiger charge is 2.27. The van der Waals surface area contributed by atoms with Crippen LogP contribution in [-0.4, -0.2) is 36.0 Å². The molecular formula is C23H25N3O3S2. The van der Waals surface area contributed by atoms with Crippen LogP contribution < -0.4 is 0 Å². The van der Waals surface area contributed by atoms with E-state index in [0.717, 1.165) is 38.5 Å². The van der Waals surface area contributed by atoms with Crippen molar-refractivity contribution in [2.75, 3.05) is 13.1 Å². The highest BCUT2D eigenvalue weighted by molar-refractivity contribution is 7.99. The van der Waals surface area contributed by atoms with E-state index in [0.29, 0.717) is 35.0 Å². The first-order chi connectivity index (χ1) is 15.1. The van der Waals surface area contributed by atoms with Crippen LogP contribution in [0.1, 0.15) is 48.5 Å². The van der Waals surface area contributed by atoms with Crippen LogP contribution in [0.4, 0.5) is 0 Å². The van der Waals surface area contributed by atoms with Gasteiger partial charge in [0.05, 0.1) is 4.90 Å². The summed E-state index contributed by atoms with van der Waals surface area (Å²) in [4.78, 5) is 0.278. The van der Waals surface area contributed by atoms with Crippen LogP contribution in [0.15, 0.2) is 63.1 Å². The first kappa shape index (κ1) is 20.7. The minimum Gasteiger partial charge on any atom is -0.411 e. The topological polar surface area (TPSA) is 76.3 Å². The summed E-state index contributed by atoms with van der Waals surface area (Å²) in [6, 6.07) is 15.4. The van der Waals surface area contributed by atoms with Gasteiger partial charge in [0, 0.05) is 23.9 Å². The van der Waals surface area contributed by atoms with Crippen LogP contribution in [-0.2, 0) is 16.4 Å². The summed E-state index contributed by atoms with van der Waals surface area (Å²) < 4.78 is 33.5. The Morgan fingerprint density at radius 3 is 2.68 bits per heavy atom. The van der Waals surface area contributed by atoms with Gasteiger partial charge in [0.25, 0.3) is 5.22 Å². The molecular weight excluding hydrogens is 430 g/mol. The third-order valence-electron chi connectivity index (χ3n) is 6.00. The van der Waals surface area contributed by atoms with E-state index < -0.39 is 10.0 Å². The molecule has 5 rings (SSSR count). The molecule has 6 nitrogen and oxygen atoms in total. The second-order valence-electron chi connectivity index (χ2n) is 8.06. The van der Waals surface area contributed by atoms with Crippen molar-refractivity contribution in [2.45, 2.75) is 53.9 Å². The Morgan fingerprint density at radius 2 is 1.81 bits per heavy atom. The van der Waals surface area contributed by atoms with E-state index in [1.54, 1.807) is 34.3 Å². The van der Waals surface area contributed by atoms with Crippen LogP contribution >= 0.6 is 11.8 Å². The molecule has 1 fully saturated rings. The number of sulfonamides is 1. The van der Waals surface area contributed by atoms with Gasteiger partial charge in [-0.3, -0.25) is 0 Å². The summed E-state index contributed by atoms with van der Waals surface area (Å²) in [5.74, 6) is 0.349. The molecule has 1 unspecified atom stereocenters. The number of fused-ring (bicyclic) bond motifs is 1. The van der Waals surface area contributed by atoms with E-state index in [9.17, 15) is 8.42 Å². The molecule has 0 radical (unpaired) electrons. The third-order valence-corrected chi connectivity index (χ3v) is 9.03. The molecule has 162 valence electrons. The summed E-state index contributed by atoms with van der Waals surface area (Å²) >= 11 is 1.59. The van der Waals surface area contributed by atoms with Crippen molar-refractivity contribution in [3.8, 4) is 11.5 Å². The Morgan fingerprint density at radius 1 is 0.968 bits per heavy atom. The predicted octanol–water partition coefficient (Wildman–Crippen LogP) is 5.08. The van der Waals surface area contributed by atoms with Crippen LogP contribution in [0.3, 0.4) is 0 Å². The van der Waals surface area contributed by atoms with Crippen LogP contribution in [0, 0.1) is 0 Å². The number of rotatable bonds is 5. The molecule has 31 heavy (non-hydrogen) atoms. The maximum absolute atomic E-state index is 13.0. The molecule has 0 amide bonds. The summed E-state index contributed by atoms with van der Waals surface area (Å²) in [5.41, 5.74) is 3.36. The lowest BCUT2D eigenvalue weighted by Crippen LogP contribution is -2.35. The van der Waals surface area contributed by atoms with E-state index >= 15 is 0 Å². The van der Waals surface area contributed by atoms with Crippen LogP contribution in [0.25, 0.3) is 11.5 Å². The Kier molecular flexibility index (Phi) is 5.86. The largest absolute Gasteiger partial charge is 0.411 e. The van der Waals surface area contributed by atoms with Crippen molar-refractivity contribution in [2.24, 2.45) is 0 Å². The minimum absolute atomic E-state index is 0.278. The number of aryl methyl sites for hydroxylation is 1. The summed E-state index contributed by atoms with van der Waals surface area (Å²) in [5, 5.41) is 9.24. The monoisotopic (exact) mass is 455 g/mol. The lowest BCUT2D eigenvalue weighted by atomic mass is 9.91. The average molecular weight is 456 g/mol. The fourth-order valence-electron chi connectivity index (χ4n) is 4.37. The zero-order chi connectivity index (χ0) is 21.3. The molecule has 1 saturated heterocycles. The van der Waals surface area contributed by atoms with Gasteiger partial charge >= 0.3 is 0 Å². The van der Waals surface area contributed by atoms with Gasteiger partial charge < -0.3 is 4.42 Å². The van der Waals surface area contributed by atoms with E-state index in [4.69, 9.17) is 4.42 Å². The molecule has 1 aromatic heterocycles. The molecule has 1 aliphatic carbocycles. The number of thioether (sulfide) groups is 1. The Balaban J connectivity index is 1.37. The van der Waals surface area contributed by atoms with Gasteiger partial charge in [-0.1, -0.05) is 48.5 Å². The lowest BCUT2D eigenvalue weighted by Gasteiger charge is -2.25. The fourth-order valence-corrected chi connectivity index (χ4v) is 7.03. The Bertz CT molecular complexity index is 1170. The Hall–Kier alpha value is -2.16. The lowest BCUT2D eigenvalue weighted by molar-refractivity contribution is 0.346. The van der Waals surface area contributed by atoms with Crippen molar-refractivity contribution in [1.82, 2.24) is 14.5 Å². The minimum atomic E-state index is -3.50. The molecule has 8 heteroatoms. The Labute approximate surface area is 187 Å². The van der Waals surface area contributed by atoms with E-state index in [-0.39, 0.29) is 4.90 Å². The van der Waals surface area contributed by atoms with Gasteiger partial charge in [0.15, 0.2) is 0 Å². The second-order valence-corrected chi connectivity index (χ2v) is 11.2. The first-order valence-corrected chi connectivity index (χ1v) is 13.1. The number of hydrogen-bond donors (Lipinski definition) is 0. The van der Waals surface area contributed by atoms with Crippen molar-refractivity contribution < 1.29 is 12.8 Å². The maximum atomic E-state index is 13.0. The normalized spacial score (nSPS) is 19.8. The van der Waals surface area contributed by atoms with Crippen molar-refractivity contribution in [3.05, 3.63) is 59.7 Å². The SMILES string of the molecule is O=S(=O)(c1cccc(-c2nnc(SC3CCCc4ccccc43)o2)c1)N1CCCCC1. The average Bonchev–Trinajstić information content (AvgIpc) is 3.29. The fraction of sp³-hybridized carbons (Fsp3) is 0.391. The second kappa shape index (κ2) is 8.76. The molecule has 2 aromatic carbocycles. The zero-order valence-corrected chi connectivity index (χ0v) is 18.9. The van der Waals surface area contributed by atoms with Gasteiger partial charge in [0.1, 0.15) is 0 Å². The molecule has 2 aliphatic rings. The number of aromatic nitrogens is 2. The quantitative estimate of drug-likeness (QED) is 0.534. The van der Waals surface area contributed by atoms with Gasteiger partial charge in [-0.05, 0) is 61.4 Å². The van der Waals surface area contributed by atoms with Crippen molar-refractivity contribution in [3.63, 3.8) is 0 Å². The molecule has 3 aromatic rings. The molecule has 2 heterocycles. The van der Waals surface area contributed by atoms with Crippen molar-refractivity contribution in [1.29, 1.82) is 0 Å². The van der Waals surface area contributed by atoms with Gasteiger partial charge in [0.2, 0.25) is 15.9 Å². The molecule has 0 N–H and O–H groups in total. The summed E-state index contributed by atoms with van der Waals surface area (Å²) in [6.45, 7) is 1.16. The van der Waals surface area contributed by atoms with Crippen molar-refractivity contribution >= 4 is 21.8 Å². The van der Waals surface area contributed by atoms with E-state index in [1.165, 1.54) is 11.1 Å². The maximum Gasteiger partial charge on any atom is 0.277 e. The molecule has 1 aliphatic heterocycles. The molecule has 1 atom stereocenters. The van der Waals surface area contributed by atoms with Crippen LogP contribution in [0.5, 0.6) is 0 Å². The molecule has 0 bridgehead atoms. The number of hydrogen-bond acceptors (Lipinski definition) is 6. The standard InChI is InChI=1S/C23H25N3O3S2/c27-31(28,26-14-4-1-5-15-26)19-11-6-10-18(16-19)22-24-25-23(29-22)30-21-13-7-9-17-8-2-3-12-20(17)21/h2-3,6,8,10-12,16,21H,1,4-5,7,9,13-15H2. The highest BCUT2D eigenvalue weighted by Crippen LogP contribution is 2.43. The number of piperidine rings is 1. The summed E-state index contributed by atoms with van der Waals surface area (Å²) in [6.07, 6.45) is 6.23. The molecule has 0 saturated carbocycles. The smallest absolute Gasteiger partial charge is 0.277 e. The molecule has 0 spiro atoms. The van der Waals surface area contributed by atoms with Gasteiger partial charge in [-0.15, -0.1) is 10.2 Å². The predicted molar refractivity (Wildman–Crippen MR) is 120 cm³/mol. The van der Waals surface area contributed by atoms with E-state index in [2.05, 4.69) is 34.5 Å². The first-order valence-electron chi connectivity index (χ1n) is 10.8. The highest BCUT2D eigenvalue weighted by atomic mass is 32.2. The third kappa shape index (κ3) is 4.29. The van der Waals surface area contributed by atoms with E-state index in [1.807, 2.05) is 6.07 Å². The zero-order valence-electron chi connectivity index (χ0n) is 17.2. The number of nitrogens with zero attached hydrogens (tertiary/aromatic N) is 3. The van der Waals surface area contributed by atoms with Crippen LogP contribution in [0.2, 0.25) is 0 Å². The van der Waals surface area contributed by atoms with Gasteiger partial charge in [-0.2, -0.15) is 4.31 Å². The number of benzene rings is 2.